The first-order valence-electron chi connectivity index (χ1n) is 6.34. The molecule has 3 aromatic rings. The van der Waals surface area contributed by atoms with E-state index >= 15 is 0 Å². The summed E-state index contributed by atoms with van der Waals surface area (Å²) in [4.78, 5) is 0. The Morgan fingerprint density at radius 1 is 0.952 bits per heavy atom. The number of rotatable bonds is 2. The second kappa shape index (κ2) is 6.85. The number of fused-ring (bicyclic) bond motifs is 1. The number of nitrogens with zero attached hydrogens (tertiary/aromatic N) is 2. The van der Waals surface area contributed by atoms with Crippen molar-refractivity contribution in [2.24, 2.45) is 10.2 Å². The molecule has 0 spiro atoms. The van der Waals surface area contributed by atoms with Gasteiger partial charge in [0.25, 0.3) is 0 Å². The monoisotopic (exact) mass is 284 g/mol. The van der Waals surface area contributed by atoms with Crippen molar-refractivity contribution in [3.8, 4) is 5.75 Å². The fourth-order valence-corrected chi connectivity index (χ4v) is 2.08. The second-order valence-corrected chi connectivity index (χ2v) is 4.62. The average molecular weight is 284 g/mol. The number of hydrogen-bond donors (Lipinski definition) is 1. The molecule has 0 aliphatic rings. The summed E-state index contributed by atoms with van der Waals surface area (Å²) >= 11 is 0. The number of aryl methyl sites for hydroxylation is 1. The van der Waals surface area contributed by atoms with Crippen molar-refractivity contribution in [3.63, 3.8) is 0 Å². The summed E-state index contributed by atoms with van der Waals surface area (Å²) in [6.07, 6.45) is 0. The van der Waals surface area contributed by atoms with Crippen LogP contribution in [-0.2, 0) is 0 Å². The first kappa shape index (κ1) is 15.7. The van der Waals surface area contributed by atoms with Gasteiger partial charge in [-0.05, 0) is 24.1 Å². The van der Waals surface area contributed by atoms with Gasteiger partial charge in [-0.2, -0.15) is 23.3 Å². The molecule has 0 saturated carbocycles. The molecule has 0 aliphatic carbocycles. The van der Waals surface area contributed by atoms with Gasteiger partial charge in [0, 0.05) is 5.39 Å². The number of benzene rings is 3. The van der Waals surface area contributed by atoms with Crippen LogP contribution in [0.25, 0.3) is 10.8 Å². The Morgan fingerprint density at radius 2 is 1.71 bits per heavy atom. The molecule has 0 aromatic heterocycles. The van der Waals surface area contributed by atoms with Crippen molar-refractivity contribution in [1.29, 1.82) is 0 Å². The predicted octanol–water partition coefficient (Wildman–Crippen LogP) is 2.07. The zero-order valence-corrected chi connectivity index (χ0v) is 14.0. The van der Waals surface area contributed by atoms with Crippen molar-refractivity contribution >= 4 is 22.1 Å². The van der Waals surface area contributed by atoms with Gasteiger partial charge in [-0.25, -0.2) is 0 Å². The third-order valence-corrected chi connectivity index (χ3v) is 3.09. The van der Waals surface area contributed by atoms with E-state index in [0.29, 0.717) is 5.69 Å². The Hall–Kier alpha value is -1.68. The van der Waals surface area contributed by atoms with Crippen LogP contribution in [0, 0.1) is 13.0 Å². The topological polar surface area (TPSA) is 45.0 Å². The van der Waals surface area contributed by atoms with Crippen molar-refractivity contribution < 1.29 is 34.7 Å². The Morgan fingerprint density at radius 3 is 2.48 bits per heavy atom. The molecule has 0 bridgehead atoms. The summed E-state index contributed by atoms with van der Waals surface area (Å²) < 4.78 is 0. The van der Waals surface area contributed by atoms with E-state index in [9.17, 15) is 5.11 Å². The summed E-state index contributed by atoms with van der Waals surface area (Å²) in [7, 11) is 0. The minimum absolute atomic E-state index is 0. The quantitative estimate of drug-likeness (QED) is 0.437. The van der Waals surface area contributed by atoms with Crippen LogP contribution in [-0.4, -0.2) is 5.11 Å². The molecule has 0 unspecified atom stereocenters. The summed E-state index contributed by atoms with van der Waals surface area (Å²) in [5.74, 6) is 0.132. The van der Waals surface area contributed by atoms with Crippen LogP contribution >= 0.6 is 0 Å². The molecular formula is C17H13N2NaO. The zero-order valence-electron chi connectivity index (χ0n) is 12.0. The summed E-state index contributed by atoms with van der Waals surface area (Å²) in [5.41, 5.74) is 2.40. The van der Waals surface area contributed by atoms with E-state index in [1.165, 1.54) is 5.56 Å². The van der Waals surface area contributed by atoms with Gasteiger partial charge < -0.3 is 5.11 Å². The molecule has 3 nitrogen and oxygen atoms in total. The Kier molecular flexibility index (Phi) is 5.12. The summed E-state index contributed by atoms with van der Waals surface area (Å²) in [5, 5.41) is 20.3. The molecule has 0 aliphatic heterocycles. The smallest absolute Gasteiger partial charge is 0.506 e. The minimum atomic E-state index is 0. The molecule has 1 N–H and O–H groups in total. The van der Waals surface area contributed by atoms with Crippen molar-refractivity contribution in [3.05, 3.63) is 66.2 Å². The van der Waals surface area contributed by atoms with E-state index in [2.05, 4.69) is 22.4 Å². The molecule has 0 radical (unpaired) electrons. The normalized spacial score (nSPS) is 10.7. The van der Waals surface area contributed by atoms with Gasteiger partial charge in [0.15, 0.2) is 0 Å². The molecule has 21 heavy (non-hydrogen) atoms. The van der Waals surface area contributed by atoms with Crippen LogP contribution in [0.3, 0.4) is 0 Å². The molecule has 0 atom stereocenters. The van der Waals surface area contributed by atoms with Crippen LogP contribution in [0.1, 0.15) is 5.56 Å². The molecule has 0 heterocycles. The third kappa shape index (κ3) is 3.50. The van der Waals surface area contributed by atoms with Crippen LogP contribution in [0.2, 0.25) is 0 Å². The number of aromatic hydroxyl groups is 1. The first-order valence-corrected chi connectivity index (χ1v) is 6.34. The molecule has 0 amide bonds. The maximum atomic E-state index is 10.00. The van der Waals surface area contributed by atoms with Crippen molar-refractivity contribution in [2.45, 2.75) is 6.92 Å². The van der Waals surface area contributed by atoms with Gasteiger partial charge in [-0.15, -0.1) is 17.2 Å². The predicted molar refractivity (Wildman–Crippen MR) is 79.8 cm³/mol. The van der Waals surface area contributed by atoms with Gasteiger partial charge in [0.2, 0.25) is 0 Å². The Labute approximate surface area is 145 Å². The molecule has 98 valence electrons. The largest absolute Gasteiger partial charge is 1.00 e. The van der Waals surface area contributed by atoms with Gasteiger partial charge in [0.05, 0.1) is 0 Å². The molecule has 3 rings (SSSR count). The zero-order chi connectivity index (χ0) is 13.9. The van der Waals surface area contributed by atoms with Crippen molar-refractivity contribution in [2.75, 3.05) is 0 Å². The van der Waals surface area contributed by atoms with E-state index in [-0.39, 0.29) is 35.3 Å². The Bertz CT molecular complexity index is 785. The first-order chi connectivity index (χ1) is 9.74. The Balaban J connectivity index is 0.00000161. The minimum Gasteiger partial charge on any atom is -0.506 e. The molecular weight excluding hydrogens is 271 g/mol. The van der Waals surface area contributed by atoms with Gasteiger partial charge >= 0.3 is 29.6 Å². The molecule has 0 fully saturated rings. The SMILES string of the molecule is Cc1ccc2c(N=Nc3cc[c-]cc3)c(O)ccc2c1.[Na+]. The van der Waals surface area contributed by atoms with Crippen molar-refractivity contribution in [1.82, 2.24) is 0 Å². The summed E-state index contributed by atoms with van der Waals surface area (Å²) in [6, 6.07) is 19.7. The van der Waals surface area contributed by atoms with E-state index in [1.807, 2.05) is 37.3 Å². The van der Waals surface area contributed by atoms with Gasteiger partial charge in [0.1, 0.15) is 11.4 Å². The maximum absolute atomic E-state index is 10.00. The van der Waals surface area contributed by atoms with Crippen LogP contribution in [0.5, 0.6) is 5.75 Å². The molecule has 4 heteroatoms. The average Bonchev–Trinajstić information content (AvgIpc) is 2.47. The standard InChI is InChI=1S/C17H13N2O.Na/c1-12-7-9-15-13(11-12)8-10-16(20)17(15)19-18-14-5-3-2-4-6-14;/h3-11,20H,1H3;/q-1;+1. The molecule has 0 saturated heterocycles. The second-order valence-electron chi connectivity index (χ2n) is 4.62. The number of phenols is 1. The van der Waals surface area contributed by atoms with Crippen LogP contribution in [0.15, 0.2) is 64.8 Å². The van der Waals surface area contributed by atoms with Gasteiger partial charge in [-0.3, -0.25) is 0 Å². The van der Waals surface area contributed by atoms with Gasteiger partial charge in [-0.1, -0.05) is 29.8 Å². The van der Waals surface area contributed by atoms with E-state index in [4.69, 9.17) is 0 Å². The van der Waals surface area contributed by atoms with Crippen LogP contribution < -0.4 is 29.6 Å². The molecule has 3 aromatic carbocycles. The van der Waals surface area contributed by atoms with E-state index in [1.54, 1.807) is 18.2 Å². The fourth-order valence-electron chi connectivity index (χ4n) is 2.08. The number of hydrogen-bond acceptors (Lipinski definition) is 3. The number of phenolic OH excluding ortho intramolecular Hbond substituents is 1. The number of azo groups is 1. The summed E-state index contributed by atoms with van der Waals surface area (Å²) in [6.45, 7) is 2.04. The fraction of sp³-hybridized carbons (Fsp3) is 0.0588. The van der Waals surface area contributed by atoms with E-state index in [0.717, 1.165) is 16.5 Å². The third-order valence-electron chi connectivity index (χ3n) is 3.09. The van der Waals surface area contributed by atoms with Crippen LogP contribution in [0.4, 0.5) is 11.4 Å². The maximum Gasteiger partial charge on any atom is 1.00 e. The van der Waals surface area contributed by atoms with E-state index < -0.39 is 0 Å².